The number of hydrogen-bond donors (Lipinski definition) is 0. The Morgan fingerprint density at radius 3 is 1.35 bits per heavy atom. The second kappa shape index (κ2) is 8.36. The summed E-state index contributed by atoms with van der Waals surface area (Å²) in [6, 6.07) is 24.4. The number of rotatable bonds is 1. The van der Waals surface area contributed by atoms with Gasteiger partial charge in [-0.3, -0.25) is 9.59 Å². The van der Waals surface area contributed by atoms with E-state index in [4.69, 9.17) is 42.0 Å². The van der Waals surface area contributed by atoms with Crippen molar-refractivity contribution in [3.63, 3.8) is 0 Å². The van der Waals surface area contributed by atoms with Crippen LogP contribution >= 0.6 is 23.2 Å². The largest absolute Gasteiger partial charge is 0.452 e. The van der Waals surface area contributed by atoms with Crippen molar-refractivity contribution in [2.75, 3.05) is 0 Å². The van der Waals surface area contributed by atoms with Crippen LogP contribution in [0.25, 0.3) is 77.8 Å². The van der Waals surface area contributed by atoms with E-state index in [1.807, 2.05) is 24.3 Å². The Balaban J connectivity index is 1.64. The van der Waals surface area contributed by atoms with Crippen molar-refractivity contribution in [3.05, 3.63) is 115 Å². The summed E-state index contributed by atoms with van der Waals surface area (Å²) < 4.78 is 12.7. The standard InChI is InChI=1S/C32H14Cl2N2O4/c33-15-9-11-23-21(13-15)35-27-17-5-1-3-7-19(17)29(37)25(31(27)39-23)26-30(38)20-8-4-2-6-18(20)28-32(26)40-24-12-10-16(34)14-22(24)36-28/h1-14H. The molecule has 190 valence electrons. The van der Waals surface area contributed by atoms with E-state index in [9.17, 15) is 9.59 Å². The van der Waals surface area contributed by atoms with Gasteiger partial charge in [0.25, 0.3) is 0 Å². The van der Waals surface area contributed by atoms with E-state index in [0.29, 0.717) is 65.2 Å². The maximum absolute atomic E-state index is 14.2. The lowest BCUT2D eigenvalue weighted by molar-refractivity contribution is 0.608. The van der Waals surface area contributed by atoms with Crippen molar-refractivity contribution in [3.8, 4) is 34.0 Å². The average molecular weight is 561 g/mol. The van der Waals surface area contributed by atoms with E-state index in [2.05, 4.69) is 0 Å². The van der Waals surface area contributed by atoms with Gasteiger partial charge < -0.3 is 8.83 Å². The second-order valence-electron chi connectivity index (χ2n) is 9.51. The van der Waals surface area contributed by atoms with Crippen molar-refractivity contribution in [2.45, 2.75) is 0 Å². The van der Waals surface area contributed by atoms with Crippen LogP contribution in [0.2, 0.25) is 10.0 Å². The third kappa shape index (κ3) is 3.24. The first kappa shape index (κ1) is 23.1. The van der Waals surface area contributed by atoms with Crippen molar-refractivity contribution in [1.29, 1.82) is 0 Å². The summed E-state index contributed by atoms with van der Waals surface area (Å²) in [5.41, 5.74) is 2.13. The molecule has 8 rings (SSSR count). The number of benzene rings is 6. The molecule has 8 heteroatoms. The molecule has 4 aromatic carbocycles. The summed E-state index contributed by atoms with van der Waals surface area (Å²) in [4.78, 5) is 38.2. The van der Waals surface area contributed by atoms with Crippen LogP contribution in [0.1, 0.15) is 0 Å². The molecule has 0 saturated carbocycles. The van der Waals surface area contributed by atoms with E-state index >= 15 is 0 Å². The highest BCUT2D eigenvalue weighted by molar-refractivity contribution is 6.31. The lowest BCUT2D eigenvalue weighted by Gasteiger charge is -2.18. The molecule has 0 spiro atoms. The normalized spacial score (nSPS) is 11.9. The Bertz CT molecular complexity index is 2240. The van der Waals surface area contributed by atoms with Gasteiger partial charge in [0, 0.05) is 31.6 Å². The van der Waals surface area contributed by atoms with E-state index in [0.717, 1.165) is 0 Å². The number of aromatic nitrogens is 2. The van der Waals surface area contributed by atoms with Crippen LogP contribution in [-0.4, -0.2) is 9.97 Å². The maximum Gasteiger partial charge on any atom is 0.198 e. The van der Waals surface area contributed by atoms with Gasteiger partial charge in [-0.25, -0.2) is 9.97 Å². The zero-order valence-electron chi connectivity index (χ0n) is 20.4. The number of halogens is 2. The van der Waals surface area contributed by atoms with E-state index in [1.165, 1.54) is 0 Å². The van der Waals surface area contributed by atoms with Crippen molar-refractivity contribution in [1.82, 2.24) is 9.97 Å². The highest BCUT2D eigenvalue weighted by atomic mass is 35.5. The zero-order chi connectivity index (χ0) is 27.1. The lowest BCUT2D eigenvalue weighted by Crippen LogP contribution is -2.18. The summed E-state index contributed by atoms with van der Waals surface area (Å²) in [6.07, 6.45) is 0. The van der Waals surface area contributed by atoms with Gasteiger partial charge >= 0.3 is 0 Å². The minimum atomic E-state index is -0.373. The van der Waals surface area contributed by atoms with E-state index < -0.39 is 0 Å². The third-order valence-corrected chi connectivity index (χ3v) is 7.64. The Hall–Kier alpha value is -4.78. The Morgan fingerprint density at radius 1 is 0.525 bits per heavy atom. The SMILES string of the molecule is O=c1c(-c2c3oc4ccc(Cl)cc4nc-3c3ccccc3c2=O)c2oc3ccc(Cl)cc3nc-2c2ccccc12. The molecule has 0 aromatic heterocycles. The first-order chi connectivity index (χ1) is 19.5. The second-order valence-corrected chi connectivity index (χ2v) is 10.4. The number of nitrogens with zero attached hydrogens (tertiary/aromatic N) is 2. The first-order valence-electron chi connectivity index (χ1n) is 12.4. The van der Waals surface area contributed by atoms with Crippen LogP contribution in [0.4, 0.5) is 0 Å². The highest BCUT2D eigenvalue weighted by Gasteiger charge is 2.31. The van der Waals surface area contributed by atoms with Gasteiger partial charge in [0.15, 0.2) is 33.5 Å². The molecule has 0 bridgehead atoms. The van der Waals surface area contributed by atoms with Crippen LogP contribution in [0.15, 0.2) is 103 Å². The van der Waals surface area contributed by atoms with Crippen molar-refractivity contribution >= 4 is 66.9 Å². The van der Waals surface area contributed by atoms with Crippen LogP contribution in [-0.2, 0) is 0 Å². The van der Waals surface area contributed by atoms with Crippen LogP contribution in [0.5, 0.6) is 0 Å². The molecule has 0 radical (unpaired) electrons. The fourth-order valence-electron chi connectivity index (χ4n) is 5.40. The van der Waals surface area contributed by atoms with Crippen molar-refractivity contribution < 1.29 is 8.83 Å². The molecular weight excluding hydrogens is 547 g/mol. The molecule has 2 aliphatic heterocycles. The summed E-state index contributed by atoms with van der Waals surface area (Å²) in [5, 5.41) is 3.00. The van der Waals surface area contributed by atoms with Gasteiger partial charge in [0.2, 0.25) is 0 Å². The van der Waals surface area contributed by atoms with Gasteiger partial charge in [0.1, 0.15) is 22.4 Å². The maximum atomic E-state index is 14.2. The molecular formula is C32H14Cl2N2O4. The minimum absolute atomic E-state index is 0.0673. The topological polar surface area (TPSA) is 86.2 Å². The summed E-state index contributed by atoms with van der Waals surface area (Å²) in [7, 11) is 0. The van der Waals surface area contributed by atoms with E-state index in [1.54, 1.807) is 60.7 Å². The van der Waals surface area contributed by atoms with Gasteiger partial charge in [-0.05, 0) is 36.4 Å². The molecule has 0 amide bonds. The quantitative estimate of drug-likeness (QED) is 0.148. The fourth-order valence-corrected chi connectivity index (χ4v) is 5.73. The van der Waals surface area contributed by atoms with E-state index in [-0.39, 0.29) is 33.5 Å². The van der Waals surface area contributed by atoms with Crippen LogP contribution in [0.3, 0.4) is 0 Å². The molecule has 0 N–H and O–H groups in total. The summed E-state index contributed by atoms with van der Waals surface area (Å²) in [5.74, 6) is 0.359. The lowest BCUT2D eigenvalue weighted by atomic mass is 9.90. The third-order valence-electron chi connectivity index (χ3n) is 7.17. The highest BCUT2D eigenvalue weighted by Crippen LogP contribution is 2.42. The molecule has 0 fully saturated rings. The molecule has 4 aliphatic rings. The predicted molar refractivity (Wildman–Crippen MR) is 158 cm³/mol. The predicted octanol–water partition coefficient (Wildman–Crippen LogP) is 8.18. The number of hydrogen-bond acceptors (Lipinski definition) is 6. The Labute approximate surface area is 234 Å². The molecule has 40 heavy (non-hydrogen) atoms. The molecule has 0 atom stereocenters. The molecule has 2 heterocycles. The Kier molecular flexibility index (Phi) is 4.83. The average Bonchev–Trinajstić information content (AvgIpc) is 2.97. The first-order valence-corrected chi connectivity index (χ1v) is 13.1. The molecule has 2 aliphatic carbocycles. The monoisotopic (exact) mass is 560 g/mol. The van der Waals surface area contributed by atoms with Gasteiger partial charge in [-0.15, -0.1) is 0 Å². The van der Waals surface area contributed by atoms with Gasteiger partial charge in [0.05, 0.1) is 11.1 Å². The van der Waals surface area contributed by atoms with Crippen LogP contribution in [0, 0.1) is 0 Å². The smallest absolute Gasteiger partial charge is 0.198 e. The summed E-state index contributed by atoms with van der Waals surface area (Å²) in [6.45, 7) is 0. The summed E-state index contributed by atoms with van der Waals surface area (Å²) >= 11 is 12.5. The number of fused-ring (bicyclic) bond motifs is 8. The molecule has 4 aromatic rings. The minimum Gasteiger partial charge on any atom is -0.452 e. The van der Waals surface area contributed by atoms with Gasteiger partial charge in [-0.2, -0.15) is 0 Å². The van der Waals surface area contributed by atoms with Crippen LogP contribution < -0.4 is 10.9 Å². The molecule has 0 saturated heterocycles. The fraction of sp³-hybridized carbons (Fsp3) is 0. The zero-order valence-corrected chi connectivity index (χ0v) is 21.9. The Morgan fingerprint density at radius 2 is 0.925 bits per heavy atom. The molecule has 6 nitrogen and oxygen atoms in total. The molecule has 0 unspecified atom stereocenters. The van der Waals surface area contributed by atoms with Gasteiger partial charge in [-0.1, -0.05) is 71.7 Å². The van der Waals surface area contributed by atoms with Crippen molar-refractivity contribution in [2.24, 2.45) is 0 Å².